The molecule has 4 nitrogen and oxygen atoms in total. The quantitative estimate of drug-likeness (QED) is 0.709. The van der Waals surface area contributed by atoms with Crippen LogP contribution in [0.3, 0.4) is 0 Å². The Bertz CT molecular complexity index is 374. The first-order valence-electron chi connectivity index (χ1n) is 4.50. The van der Waals surface area contributed by atoms with Crippen molar-refractivity contribution in [2.45, 2.75) is 6.92 Å². The third kappa shape index (κ3) is 1.64. The summed E-state index contributed by atoms with van der Waals surface area (Å²) in [6.07, 6.45) is 0. The molecular weight excluding hydrogens is 180 g/mol. The van der Waals surface area contributed by atoms with E-state index in [1.54, 1.807) is 12.1 Å². The minimum Gasteiger partial charge on any atom is -0.508 e. The van der Waals surface area contributed by atoms with Crippen molar-refractivity contribution in [1.82, 2.24) is 0 Å². The third-order valence-electron chi connectivity index (χ3n) is 2.13. The predicted octanol–water partition coefficient (Wildman–Crippen LogP) is 1.50. The summed E-state index contributed by atoms with van der Waals surface area (Å²) in [6.45, 7) is 3.16. The van der Waals surface area contributed by atoms with Crippen LogP contribution in [0.5, 0.6) is 5.75 Å². The molecule has 14 heavy (non-hydrogen) atoms. The standard InChI is InChI=1S/C10H12N2O2/c1-7-8(3-2-4-9(7)13)12-10-11-5-6-14-10/h2-4,13H,5-6H2,1H3,(H,11,12). The SMILES string of the molecule is Cc1c(O)cccc1NC1=NCCO1. The Kier molecular flexibility index (Phi) is 2.26. The second kappa shape index (κ2) is 3.57. The van der Waals surface area contributed by atoms with Crippen LogP contribution in [0, 0.1) is 6.92 Å². The fraction of sp³-hybridized carbons (Fsp3) is 0.300. The lowest BCUT2D eigenvalue weighted by Crippen LogP contribution is -2.12. The van der Waals surface area contributed by atoms with Gasteiger partial charge in [0.2, 0.25) is 0 Å². The van der Waals surface area contributed by atoms with Gasteiger partial charge in [0.05, 0.1) is 6.54 Å². The van der Waals surface area contributed by atoms with Crippen molar-refractivity contribution >= 4 is 11.7 Å². The molecule has 0 fully saturated rings. The van der Waals surface area contributed by atoms with E-state index in [4.69, 9.17) is 4.74 Å². The number of hydrogen-bond acceptors (Lipinski definition) is 4. The van der Waals surface area contributed by atoms with Crippen molar-refractivity contribution in [3.8, 4) is 5.75 Å². The minimum atomic E-state index is 0.272. The zero-order valence-corrected chi connectivity index (χ0v) is 7.95. The van der Waals surface area contributed by atoms with Crippen molar-refractivity contribution in [1.29, 1.82) is 0 Å². The Morgan fingerprint density at radius 3 is 3.07 bits per heavy atom. The molecule has 2 rings (SSSR count). The lowest BCUT2D eigenvalue weighted by Gasteiger charge is -2.09. The van der Waals surface area contributed by atoms with E-state index in [0.717, 1.165) is 11.3 Å². The molecule has 0 aromatic heterocycles. The Balaban J connectivity index is 2.20. The number of rotatable bonds is 1. The van der Waals surface area contributed by atoms with E-state index in [1.807, 2.05) is 13.0 Å². The van der Waals surface area contributed by atoms with Gasteiger partial charge in [0.1, 0.15) is 12.4 Å². The van der Waals surface area contributed by atoms with Gasteiger partial charge in [0, 0.05) is 11.3 Å². The Hall–Kier alpha value is -1.71. The summed E-state index contributed by atoms with van der Waals surface area (Å²) in [5, 5.41) is 12.5. The number of phenolic OH excluding ortho intramolecular Hbond substituents is 1. The molecule has 4 heteroatoms. The second-order valence-electron chi connectivity index (χ2n) is 3.11. The Labute approximate surface area is 82.2 Å². The maximum absolute atomic E-state index is 9.45. The molecule has 0 unspecified atom stereocenters. The molecule has 0 bridgehead atoms. The number of ether oxygens (including phenoxy) is 1. The van der Waals surface area contributed by atoms with Crippen LogP contribution < -0.4 is 5.32 Å². The molecule has 0 spiro atoms. The highest BCUT2D eigenvalue weighted by molar-refractivity contribution is 5.90. The molecule has 0 saturated heterocycles. The van der Waals surface area contributed by atoms with Gasteiger partial charge >= 0.3 is 0 Å². The summed E-state index contributed by atoms with van der Waals surface area (Å²) in [4.78, 5) is 4.10. The largest absolute Gasteiger partial charge is 0.508 e. The first kappa shape index (κ1) is 8.87. The van der Waals surface area contributed by atoms with Gasteiger partial charge in [-0.2, -0.15) is 0 Å². The lowest BCUT2D eigenvalue weighted by atomic mass is 10.2. The van der Waals surface area contributed by atoms with Crippen molar-refractivity contribution in [2.24, 2.45) is 4.99 Å². The van der Waals surface area contributed by atoms with E-state index in [2.05, 4.69) is 10.3 Å². The molecule has 0 saturated carbocycles. The van der Waals surface area contributed by atoms with Gasteiger partial charge in [-0.3, -0.25) is 0 Å². The highest BCUT2D eigenvalue weighted by Crippen LogP contribution is 2.24. The van der Waals surface area contributed by atoms with E-state index in [9.17, 15) is 5.11 Å². The molecule has 1 aromatic carbocycles. The van der Waals surface area contributed by atoms with E-state index in [-0.39, 0.29) is 5.75 Å². The molecule has 0 amide bonds. The average Bonchev–Trinajstić information content (AvgIpc) is 2.66. The zero-order valence-electron chi connectivity index (χ0n) is 7.95. The van der Waals surface area contributed by atoms with Crippen molar-refractivity contribution in [2.75, 3.05) is 18.5 Å². The number of hydrogen-bond donors (Lipinski definition) is 2. The molecule has 0 radical (unpaired) electrons. The molecule has 0 aliphatic carbocycles. The Morgan fingerprint density at radius 2 is 2.36 bits per heavy atom. The third-order valence-corrected chi connectivity index (χ3v) is 2.13. The summed E-state index contributed by atoms with van der Waals surface area (Å²) in [5.41, 5.74) is 1.62. The van der Waals surface area contributed by atoms with Gasteiger partial charge < -0.3 is 15.2 Å². The van der Waals surface area contributed by atoms with Crippen molar-refractivity contribution in [3.05, 3.63) is 23.8 Å². The highest BCUT2D eigenvalue weighted by atomic mass is 16.5. The molecule has 1 aliphatic rings. The van der Waals surface area contributed by atoms with Gasteiger partial charge in [-0.1, -0.05) is 6.07 Å². The first-order chi connectivity index (χ1) is 6.77. The van der Waals surface area contributed by atoms with Gasteiger partial charge in [-0.05, 0) is 19.1 Å². The summed E-state index contributed by atoms with van der Waals surface area (Å²) in [5.74, 6) is 0.272. The molecule has 0 atom stereocenters. The van der Waals surface area contributed by atoms with Crippen LogP contribution in [0.1, 0.15) is 5.56 Å². The molecule has 1 aliphatic heterocycles. The summed E-state index contributed by atoms with van der Waals surface area (Å²) in [7, 11) is 0. The summed E-state index contributed by atoms with van der Waals surface area (Å²) in [6, 6.07) is 5.83. The molecule has 2 N–H and O–H groups in total. The fourth-order valence-electron chi connectivity index (χ4n) is 1.28. The summed E-state index contributed by atoms with van der Waals surface area (Å²) >= 11 is 0. The maximum atomic E-state index is 9.45. The van der Waals surface area contributed by atoms with Crippen LogP contribution in [0.15, 0.2) is 23.2 Å². The van der Waals surface area contributed by atoms with E-state index in [1.165, 1.54) is 0 Å². The van der Waals surface area contributed by atoms with E-state index >= 15 is 0 Å². The second-order valence-corrected chi connectivity index (χ2v) is 3.11. The van der Waals surface area contributed by atoms with Crippen LogP contribution in [0.2, 0.25) is 0 Å². The smallest absolute Gasteiger partial charge is 0.289 e. The van der Waals surface area contributed by atoms with Gasteiger partial charge in [0.25, 0.3) is 6.02 Å². The van der Waals surface area contributed by atoms with Gasteiger partial charge in [-0.15, -0.1) is 0 Å². The number of amidine groups is 1. The number of benzene rings is 1. The predicted molar refractivity (Wildman–Crippen MR) is 54.7 cm³/mol. The maximum Gasteiger partial charge on any atom is 0.289 e. The van der Waals surface area contributed by atoms with E-state index < -0.39 is 0 Å². The molecule has 1 aromatic rings. The van der Waals surface area contributed by atoms with Crippen LogP contribution >= 0.6 is 0 Å². The lowest BCUT2D eigenvalue weighted by molar-refractivity contribution is 0.346. The van der Waals surface area contributed by atoms with Gasteiger partial charge in [-0.25, -0.2) is 4.99 Å². The fourth-order valence-corrected chi connectivity index (χ4v) is 1.28. The van der Waals surface area contributed by atoms with Crippen LogP contribution in [-0.4, -0.2) is 24.3 Å². The van der Waals surface area contributed by atoms with Crippen molar-refractivity contribution in [3.63, 3.8) is 0 Å². The zero-order chi connectivity index (χ0) is 9.97. The number of phenols is 1. The van der Waals surface area contributed by atoms with Crippen LogP contribution in [0.4, 0.5) is 5.69 Å². The van der Waals surface area contributed by atoms with Crippen LogP contribution in [-0.2, 0) is 4.74 Å². The molecule has 74 valence electrons. The minimum absolute atomic E-state index is 0.272. The van der Waals surface area contributed by atoms with Crippen LogP contribution in [0.25, 0.3) is 0 Å². The Morgan fingerprint density at radius 1 is 1.50 bits per heavy atom. The molecule has 1 heterocycles. The number of anilines is 1. The highest BCUT2D eigenvalue weighted by Gasteiger charge is 2.09. The monoisotopic (exact) mass is 192 g/mol. The number of nitrogens with one attached hydrogen (secondary N) is 1. The average molecular weight is 192 g/mol. The van der Waals surface area contributed by atoms with E-state index in [0.29, 0.717) is 19.2 Å². The summed E-state index contributed by atoms with van der Waals surface area (Å²) < 4.78 is 5.21. The number of aliphatic imine (C=N–C) groups is 1. The van der Waals surface area contributed by atoms with Crippen molar-refractivity contribution < 1.29 is 9.84 Å². The normalized spacial score (nSPS) is 14.8. The topological polar surface area (TPSA) is 53.8 Å². The number of aromatic hydroxyl groups is 1. The first-order valence-corrected chi connectivity index (χ1v) is 4.50. The number of nitrogens with zero attached hydrogens (tertiary/aromatic N) is 1. The van der Waals surface area contributed by atoms with Gasteiger partial charge in [0.15, 0.2) is 0 Å². The molecular formula is C10H12N2O2.